The highest BCUT2D eigenvalue weighted by molar-refractivity contribution is 4.99. The van der Waals surface area contributed by atoms with Gasteiger partial charge in [0.05, 0.1) is 11.7 Å². The van der Waals surface area contributed by atoms with Gasteiger partial charge in [-0.15, -0.1) is 6.58 Å². The molecule has 2 atom stereocenters. The van der Waals surface area contributed by atoms with Gasteiger partial charge in [0, 0.05) is 12.0 Å². The number of nitrogens with one attached hydrogen (secondary N) is 1. The van der Waals surface area contributed by atoms with Gasteiger partial charge in [-0.25, -0.2) is 0 Å². The molecule has 1 spiro atoms. The SMILES string of the molecule is C=CC(C)(CNCC)CC1CCC2(CCCC2)O1. The molecule has 2 heteroatoms. The lowest BCUT2D eigenvalue weighted by Crippen LogP contribution is -2.34. The van der Waals surface area contributed by atoms with E-state index in [1.165, 1.54) is 38.5 Å². The first-order chi connectivity index (χ1) is 8.61. The van der Waals surface area contributed by atoms with Crippen LogP contribution in [0.1, 0.15) is 58.8 Å². The summed E-state index contributed by atoms with van der Waals surface area (Å²) >= 11 is 0. The molecule has 2 unspecified atom stereocenters. The Morgan fingerprint density at radius 2 is 2.11 bits per heavy atom. The summed E-state index contributed by atoms with van der Waals surface area (Å²) in [4.78, 5) is 0. The highest BCUT2D eigenvalue weighted by Gasteiger charge is 2.43. The minimum absolute atomic E-state index is 0.171. The zero-order valence-corrected chi connectivity index (χ0v) is 12.1. The van der Waals surface area contributed by atoms with Crippen LogP contribution in [0.5, 0.6) is 0 Å². The summed E-state index contributed by atoms with van der Waals surface area (Å²) in [7, 11) is 0. The van der Waals surface area contributed by atoms with Gasteiger partial charge in [0.15, 0.2) is 0 Å². The quantitative estimate of drug-likeness (QED) is 0.727. The molecule has 0 amide bonds. The van der Waals surface area contributed by atoms with Crippen LogP contribution in [-0.2, 0) is 4.74 Å². The maximum Gasteiger partial charge on any atom is 0.0687 e. The molecule has 1 N–H and O–H groups in total. The van der Waals surface area contributed by atoms with Crippen LogP contribution in [0.25, 0.3) is 0 Å². The van der Waals surface area contributed by atoms with Gasteiger partial charge in [-0.2, -0.15) is 0 Å². The van der Waals surface area contributed by atoms with Crippen LogP contribution in [0.4, 0.5) is 0 Å². The molecule has 18 heavy (non-hydrogen) atoms. The van der Waals surface area contributed by atoms with E-state index in [2.05, 4.69) is 31.8 Å². The summed E-state index contributed by atoms with van der Waals surface area (Å²) in [6.45, 7) is 10.5. The first-order valence-electron chi connectivity index (χ1n) is 7.64. The molecule has 0 aromatic carbocycles. The first kappa shape index (κ1) is 14.1. The molecule has 0 radical (unpaired) electrons. The number of rotatable bonds is 6. The minimum atomic E-state index is 0.171. The Hall–Kier alpha value is -0.340. The fraction of sp³-hybridized carbons (Fsp3) is 0.875. The van der Waals surface area contributed by atoms with Crippen LogP contribution in [0.15, 0.2) is 12.7 Å². The van der Waals surface area contributed by atoms with E-state index in [1.807, 2.05) is 0 Å². The molecule has 104 valence electrons. The Morgan fingerprint density at radius 3 is 2.72 bits per heavy atom. The van der Waals surface area contributed by atoms with Crippen molar-refractivity contribution < 1.29 is 4.74 Å². The lowest BCUT2D eigenvalue weighted by atomic mass is 9.83. The number of hydrogen-bond acceptors (Lipinski definition) is 2. The Kier molecular flexibility index (Phi) is 4.50. The van der Waals surface area contributed by atoms with Gasteiger partial charge in [0.1, 0.15) is 0 Å². The topological polar surface area (TPSA) is 21.3 Å². The highest BCUT2D eigenvalue weighted by atomic mass is 16.5. The van der Waals surface area contributed by atoms with Crippen molar-refractivity contribution in [2.24, 2.45) is 5.41 Å². The second kappa shape index (κ2) is 5.75. The fourth-order valence-corrected chi connectivity index (χ4v) is 3.58. The van der Waals surface area contributed by atoms with E-state index < -0.39 is 0 Å². The molecular formula is C16H29NO. The molecule has 1 aliphatic carbocycles. The third-order valence-electron chi connectivity index (χ3n) is 4.82. The Labute approximate surface area is 112 Å². The molecule has 2 aliphatic rings. The van der Waals surface area contributed by atoms with Gasteiger partial charge >= 0.3 is 0 Å². The van der Waals surface area contributed by atoms with Crippen LogP contribution in [0.3, 0.4) is 0 Å². The summed E-state index contributed by atoms with van der Waals surface area (Å²) in [5.41, 5.74) is 0.440. The van der Waals surface area contributed by atoms with E-state index in [-0.39, 0.29) is 11.0 Å². The Morgan fingerprint density at radius 1 is 1.39 bits per heavy atom. The average Bonchev–Trinajstić information content (AvgIpc) is 2.98. The molecule has 1 saturated carbocycles. The molecule has 2 nitrogen and oxygen atoms in total. The standard InChI is InChI=1S/C16H29NO/c1-4-15(3,13-17-5-2)12-14-8-11-16(18-14)9-6-7-10-16/h4,14,17H,1,5-13H2,2-3H3. The molecule has 1 aliphatic heterocycles. The molecule has 1 saturated heterocycles. The third kappa shape index (κ3) is 3.16. The molecule has 0 aromatic rings. The zero-order chi connectivity index (χ0) is 13.1. The normalized spacial score (nSPS) is 29.6. The predicted molar refractivity (Wildman–Crippen MR) is 76.8 cm³/mol. The van der Waals surface area contributed by atoms with Crippen LogP contribution >= 0.6 is 0 Å². The van der Waals surface area contributed by atoms with Crippen molar-refractivity contribution in [1.82, 2.24) is 5.32 Å². The fourth-order valence-electron chi connectivity index (χ4n) is 3.58. The number of ether oxygens (including phenoxy) is 1. The maximum atomic E-state index is 6.41. The molecule has 2 rings (SSSR count). The summed E-state index contributed by atoms with van der Waals surface area (Å²) in [5, 5.41) is 3.45. The summed E-state index contributed by atoms with van der Waals surface area (Å²) < 4.78 is 6.41. The maximum absolute atomic E-state index is 6.41. The van der Waals surface area contributed by atoms with E-state index in [1.54, 1.807) is 0 Å². The van der Waals surface area contributed by atoms with Gasteiger partial charge in [0.25, 0.3) is 0 Å². The molecular weight excluding hydrogens is 222 g/mol. The van der Waals surface area contributed by atoms with Crippen molar-refractivity contribution in [3.8, 4) is 0 Å². The summed E-state index contributed by atoms with van der Waals surface area (Å²) in [6.07, 6.45) is 11.5. The molecule has 2 fully saturated rings. The van der Waals surface area contributed by atoms with Crippen LogP contribution < -0.4 is 5.32 Å². The van der Waals surface area contributed by atoms with E-state index in [0.717, 1.165) is 19.5 Å². The van der Waals surface area contributed by atoms with Crippen molar-refractivity contribution in [1.29, 1.82) is 0 Å². The van der Waals surface area contributed by atoms with E-state index in [9.17, 15) is 0 Å². The van der Waals surface area contributed by atoms with E-state index in [0.29, 0.717) is 6.10 Å². The third-order valence-corrected chi connectivity index (χ3v) is 4.82. The summed E-state index contributed by atoms with van der Waals surface area (Å²) in [6, 6.07) is 0. The van der Waals surface area contributed by atoms with Crippen molar-refractivity contribution in [3.05, 3.63) is 12.7 Å². The van der Waals surface area contributed by atoms with Crippen LogP contribution in [0, 0.1) is 5.41 Å². The van der Waals surface area contributed by atoms with Gasteiger partial charge in [-0.3, -0.25) is 0 Å². The lowest BCUT2D eigenvalue weighted by Gasteiger charge is -2.31. The zero-order valence-electron chi connectivity index (χ0n) is 12.1. The second-order valence-electron chi connectivity index (χ2n) is 6.51. The van der Waals surface area contributed by atoms with Crippen LogP contribution in [0.2, 0.25) is 0 Å². The largest absolute Gasteiger partial charge is 0.372 e. The monoisotopic (exact) mass is 251 g/mol. The molecule has 0 aromatic heterocycles. The Balaban J connectivity index is 1.87. The number of hydrogen-bond donors (Lipinski definition) is 1. The Bertz CT molecular complexity index is 283. The minimum Gasteiger partial charge on any atom is -0.372 e. The smallest absolute Gasteiger partial charge is 0.0687 e. The van der Waals surface area contributed by atoms with Gasteiger partial charge in [-0.1, -0.05) is 32.8 Å². The summed E-state index contributed by atoms with van der Waals surface area (Å²) in [5.74, 6) is 0. The van der Waals surface area contributed by atoms with Gasteiger partial charge < -0.3 is 10.1 Å². The van der Waals surface area contributed by atoms with Gasteiger partial charge in [-0.05, 0) is 38.6 Å². The van der Waals surface area contributed by atoms with Crippen molar-refractivity contribution in [3.63, 3.8) is 0 Å². The van der Waals surface area contributed by atoms with Crippen molar-refractivity contribution >= 4 is 0 Å². The molecule has 0 bridgehead atoms. The van der Waals surface area contributed by atoms with Crippen LogP contribution in [-0.4, -0.2) is 24.8 Å². The van der Waals surface area contributed by atoms with Crippen molar-refractivity contribution in [2.45, 2.75) is 70.5 Å². The first-order valence-corrected chi connectivity index (χ1v) is 7.64. The van der Waals surface area contributed by atoms with E-state index in [4.69, 9.17) is 4.74 Å². The highest BCUT2D eigenvalue weighted by Crippen LogP contribution is 2.45. The van der Waals surface area contributed by atoms with E-state index >= 15 is 0 Å². The predicted octanol–water partition coefficient (Wildman–Crippen LogP) is 3.67. The van der Waals surface area contributed by atoms with Gasteiger partial charge in [0.2, 0.25) is 0 Å². The molecule has 1 heterocycles. The second-order valence-corrected chi connectivity index (χ2v) is 6.51. The lowest BCUT2D eigenvalue weighted by molar-refractivity contribution is -0.0479. The van der Waals surface area contributed by atoms with Crippen molar-refractivity contribution in [2.75, 3.05) is 13.1 Å². The average molecular weight is 251 g/mol.